The van der Waals surface area contributed by atoms with Crippen molar-refractivity contribution in [1.82, 2.24) is 9.88 Å². The summed E-state index contributed by atoms with van der Waals surface area (Å²) in [6.07, 6.45) is -0.552. The van der Waals surface area contributed by atoms with E-state index in [0.29, 0.717) is 0 Å². The van der Waals surface area contributed by atoms with Gasteiger partial charge in [0.15, 0.2) is 5.13 Å². The van der Waals surface area contributed by atoms with E-state index in [-0.39, 0.29) is 5.54 Å². The quantitative estimate of drug-likeness (QED) is 0.721. The summed E-state index contributed by atoms with van der Waals surface area (Å²) in [5.74, 6) is 0. The molecule has 1 unspecified atom stereocenters. The van der Waals surface area contributed by atoms with Gasteiger partial charge < -0.3 is 15.3 Å². The number of hydrogen-bond acceptors (Lipinski definition) is 5. The van der Waals surface area contributed by atoms with E-state index in [1.54, 1.807) is 11.3 Å². The Hall–Kier alpha value is -1.95. The topological polar surface area (TPSA) is 48.4 Å². The second-order valence-corrected chi connectivity index (χ2v) is 7.72. The first kappa shape index (κ1) is 16.9. The van der Waals surface area contributed by atoms with Crippen molar-refractivity contribution in [3.63, 3.8) is 0 Å². The van der Waals surface area contributed by atoms with Crippen molar-refractivity contribution in [2.24, 2.45) is 0 Å². The molecule has 1 heterocycles. The lowest BCUT2D eigenvalue weighted by Crippen LogP contribution is -2.43. The molecule has 1 aromatic heterocycles. The fourth-order valence-electron chi connectivity index (χ4n) is 2.45. The van der Waals surface area contributed by atoms with Crippen LogP contribution in [0.5, 0.6) is 0 Å². The van der Waals surface area contributed by atoms with Gasteiger partial charge in [0.05, 0.1) is 16.3 Å². The van der Waals surface area contributed by atoms with Gasteiger partial charge in [0.25, 0.3) is 0 Å². The van der Waals surface area contributed by atoms with Gasteiger partial charge in [0.2, 0.25) is 0 Å². The number of anilines is 2. The third-order valence-electron chi connectivity index (χ3n) is 4.59. The van der Waals surface area contributed by atoms with Crippen molar-refractivity contribution in [1.29, 1.82) is 0 Å². The van der Waals surface area contributed by atoms with Crippen molar-refractivity contribution >= 4 is 32.4 Å². The SMILES string of the molecule is CN(C)C(C)(C)C(O)c1ccc(Nc2nc3ccccc3s2)cc1. The van der Waals surface area contributed by atoms with Crippen LogP contribution >= 0.6 is 11.3 Å². The molecule has 0 aliphatic carbocycles. The van der Waals surface area contributed by atoms with Gasteiger partial charge in [-0.15, -0.1) is 0 Å². The van der Waals surface area contributed by atoms with E-state index in [9.17, 15) is 5.11 Å². The zero-order valence-electron chi connectivity index (χ0n) is 14.4. The van der Waals surface area contributed by atoms with Gasteiger partial charge in [0, 0.05) is 11.2 Å². The highest BCUT2D eigenvalue weighted by Crippen LogP contribution is 2.31. The molecule has 0 aliphatic rings. The monoisotopic (exact) mass is 341 g/mol. The van der Waals surface area contributed by atoms with Gasteiger partial charge in [-0.3, -0.25) is 0 Å². The minimum atomic E-state index is -0.552. The van der Waals surface area contributed by atoms with E-state index >= 15 is 0 Å². The number of para-hydroxylation sites is 1. The highest BCUT2D eigenvalue weighted by Gasteiger charge is 2.31. The third kappa shape index (κ3) is 3.29. The molecule has 1 atom stereocenters. The molecule has 0 saturated carbocycles. The molecule has 0 radical (unpaired) electrons. The molecule has 5 heteroatoms. The van der Waals surface area contributed by atoms with Crippen molar-refractivity contribution in [3.05, 3.63) is 54.1 Å². The Labute approximate surface area is 146 Å². The predicted molar refractivity (Wildman–Crippen MR) is 102 cm³/mol. The summed E-state index contributed by atoms with van der Waals surface area (Å²) in [4.78, 5) is 6.61. The number of rotatable bonds is 5. The molecule has 2 N–H and O–H groups in total. The van der Waals surface area contributed by atoms with Gasteiger partial charge in [-0.1, -0.05) is 35.6 Å². The highest BCUT2D eigenvalue weighted by atomic mass is 32.1. The number of aliphatic hydroxyl groups excluding tert-OH is 1. The maximum Gasteiger partial charge on any atom is 0.188 e. The Morgan fingerprint density at radius 2 is 1.75 bits per heavy atom. The number of benzene rings is 2. The van der Waals surface area contributed by atoms with Crippen LogP contribution in [0.15, 0.2) is 48.5 Å². The number of hydrogen-bond donors (Lipinski definition) is 2. The molecule has 0 saturated heterocycles. The van der Waals surface area contributed by atoms with Crippen LogP contribution in [0.25, 0.3) is 10.2 Å². The van der Waals surface area contributed by atoms with E-state index < -0.39 is 6.10 Å². The molecular formula is C19H23N3OS. The summed E-state index contributed by atoms with van der Waals surface area (Å²) in [6.45, 7) is 4.07. The Morgan fingerprint density at radius 1 is 1.08 bits per heavy atom. The number of aromatic nitrogens is 1. The standard InChI is InChI=1S/C19H23N3OS/c1-19(2,22(3)4)17(23)13-9-11-14(12-10-13)20-18-21-15-7-5-6-8-16(15)24-18/h5-12,17,23H,1-4H3,(H,20,21). The summed E-state index contributed by atoms with van der Waals surface area (Å²) >= 11 is 1.63. The van der Waals surface area contributed by atoms with Crippen LogP contribution in [-0.4, -0.2) is 34.6 Å². The first-order valence-electron chi connectivity index (χ1n) is 7.96. The molecule has 126 valence electrons. The lowest BCUT2D eigenvalue weighted by atomic mass is 9.90. The van der Waals surface area contributed by atoms with Crippen LogP contribution in [0, 0.1) is 0 Å². The van der Waals surface area contributed by atoms with E-state index in [0.717, 1.165) is 21.9 Å². The zero-order valence-corrected chi connectivity index (χ0v) is 15.3. The van der Waals surface area contributed by atoms with Crippen LogP contribution in [0.4, 0.5) is 10.8 Å². The summed E-state index contributed by atoms with van der Waals surface area (Å²) in [7, 11) is 3.96. The van der Waals surface area contributed by atoms with E-state index in [4.69, 9.17) is 0 Å². The fourth-order valence-corrected chi connectivity index (χ4v) is 3.34. The molecule has 0 aliphatic heterocycles. The summed E-state index contributed by atoms with van der Waals surface area (Å²) < 4.78 is 1.17. The molecule has 0 spiro atoms. The maximum atomic E-state index is 10.6. The Balaban J connectivity index is 1.77. The van der Waals surface area contributed by atoms with Gasteiger partial charge in [-0.25, -0.2) is 4.98 Å². The lowest BCUT2D eigenvalue weighted by molar-refractivity contribution is 0.0164. The number of nitrogens with one attached hydrogen (secondary N) is 1. The molecule has 3 rings (SSSR count). The Kier molecular flexibility index (Phi) is 4.58. The van der Waals surface area contributed by atoms with Crippen LogP contribution in [0.3, 0.4) is 0 Å². The molecule has 0 amide bonds. The first-order chi connectivity index (χ1) is 11.4. The average Bonchev–Trinajstić information content (AvgIpc) is 2.97. The Bertz CT molecular complexity index is 791. The molecule has 4 nitrogen and oxygen atoms in total. The normalized spacial score (nSPS) is 13.4. The largest absolute Gasteiger partial charge is 0.386 e. The molecule has 2 aromatic carbocycles. The molecule has 3 aromatic rings. The third-order valence-corrected chi connectivity index (χ3v) is 5.55. The van der Waals surface area contributed by atoms with Gasteiger partial charge >= 0.3 is 0 Å². The number of fused-ring (bicyclic) bond motifs is 1. The fraction of sp³-hybridized carbons (Fsp3) is 0.316. The maximum absolute atomic E-state index is 10.6. The highest BCUT2D eigenvalue weighted by molar-refractivity contribution is 7.22. The van der Waals surface area contributed by atoms with E-state index in [1.165, 1.54) is 4.70 Å². The van der Waals surface area contributed by atoms with Crippen LogP contribution in [-0.2, 0) is 0 Å². The second-order valence-electron chi connectivity index (χ2n) is 6.68. The average molecular weight is 341 g/mol. The van der Waals surface area contributed by atoms with Crippen LogP contribution < -0.4 is 5.32 Å². The lowest BCUT2D eigenvalue weighted by Gasteiger charge is -2.37. The number of aliphatic hydroxyl groups is 1. The van der Waals surface area contributed by atoms with Crippen molar-refractivity contribution in [3.8, 4) is 0 Å². The molecule has 24 heavy (non-hydrogen) atoms. The summed E-state index contributed by atoms with van der Waals surface area (Å²) in [5.41, 5.74) is 2.54. The molecule has 0 bridgehead atoms. The van der Waals surface area contributed by atoms with Gasteiger partial charge in [-0.2, -0.15) is 0 Å². The summed E-state index contributed by atoms with van der Waals surface area (Å²) in [6, 6.07) is 16.0. The van der Waals surface area contributed by atoms with E-state index in [1.807, 2.05) is 75.3 Å². The van der Waals surface area contributed by atoms with Gasteiger partial charge in [0.1, 0.15) is 0 Å². The number of nitrogens with zero attached hydrogens (tertiary/aromatic N) is 2. The predicted octanol–water partition coefficient (Wildman–Crippen LogP) is 4.41. The number of likely N-dealkylation sites (N-methyl/N-ethyl adjacent to an activating group) is 1. The second kappa shape index (κ2) is 6.51. The Morgan fingerprint density at radius 3 is 2.38 bits per heavy atom. The first-order valence-corrected chi connectivity index (χ1v) is 8.77. The minimum Gasteiger partial charge on any atom is -0.386 e. The zero-order chi connectivity index (χ0) is 17.3. The van der Waals surface area contributed by atoms with Crippen molar-refractivity contribution < 1.29 is 5.11 Å². The van der Waals surface area contributed by atoms with Crippen molar-refractivity contribution in [2.75, 3.05) is 19.4 Å². The van der Waals surface area contributed by atoms with Crippen LogP contribution in [0.2, 0.25) is 0 Å². The smallest absolute Gasteiger partial charge is 0.188 e. The van der Waals surface area contributed by atoms with Gasteiger partial charge in [-0.05, 0) is 57.8 Å². The molecular weight excluding hydrogens is 318 g/mol. The van der Waals surface area contributed by atoms with Crippen molar-refractivity contribution in [2.45, 2.75) is 25.5 Å². The summed E-state index contributed by atoms with van der Waals surface area (Å²) in [5, 5.41) is 14.8. The number of thiazole rings is 1. The minimum absolute atomic E-state index is 0.331. The van der Waals surface area contributed by atoms with Crippen LogP contribution in [0.1, 0.15) is 25.5 Å². The van der Waals surface area contributed by atoms with E-state index in [2.05, 4.69) is 16.4 Å². The molecule has 0 fully saturated rings.